The van der Waals surface area contributed by atoms with Gasteiger partial charge in [0.1, 0.15) is 0 Å². The molecule has 0 bridgehead atoms. The average Bonchev–Trinajstić information content (AvgIpc) is 2.03. The van der Waals surface area contributed by atoms with Gasteiger partial charge < -0.3 is 0 Å². The molecule has 0 fully saturated rings. The zero-order valence-electron chi connectivity index (χ0n) is 5.42. The molecule has 0 rings (SSSR count). The van der Waals surface area contributed by atoms with Gasteiger partial charge in [-0.25, -0.2) is 0 Å². The quantitative estimate of drug-likeness (QED) is 0.329. The third-order valence-electron chi connectivity index (χ3n) is 0. The van der Waals surface area contributed by atoms with Gasteiger partial charge in [-0.2, -0.15) is 0 Å². The summed E-state index contributed by atoms with van der Waals surface area (Å²) in [5.74, 6) is 0. The van der Waals surface area contributed by atoms with Crippen LogP contribution in [0.15, 0.2) is 0 Å². The third-order valence-corrected chi connectivity index (χ3v) is 0. The van der Waals surface area contributed by atoms with Gasteiger partial charge in [0.15, 0.2) is 0 Å². The highest BCUT2D eigenvalue weighted by Gasteiger charge is 0.748. The number of hydrogen-bond donors (Lipinski definition) is 4. The number of rotatable bonds is 0. The fourth-order valence-corrected chi connectivity index (χ4v) is 0. The van der Waals surface area contributed by atoms with Crippen molar-refractivity contribution in [1.82, 2.24) is 0 Å². The first-order valence-electron chi connectivity index (χ1n) is 0.733. The summed E-state index contributed by atoms with van der Waals surface area (Å²) in [6.07, 6.45) is 0. The van der Waals surface area contributed by atoms with Crippen molar-refractivity contribution < 1.29 is 23.9 Å². The van der Waals surface area contributed by atoms with E-state index in [4.69, 9.17) is 40.9 Å². The van der Waals surface area contributed by atoms with Gasteiger partial charge in [-0.15, -0.1) is 0 Å². The van der Waals surface area contributed by atoms with E-state index in [0.717, 1.165) is 0 Å². The minimum atomic E-state index is 0. The van der Waals surface area contributed by atoms with Crippen LogP contribution in [0, 0.1) is 19.9 Å². The van der Waals surface area contributed by atoms with Crippen LogP contribution in [-0.4, -0.2) is 21.0 Å². The van der Waals surface area contributed by atoms with Crippen LogP contribution in [0.4, 0.5) is 0 Å². The van der Waals surface area contributed by atoms with E-state index >= 15 is 0 Å². The molecule has 11 heavy (non-hydrogen) atoms. The molecule has 0 saturated heterocycles. The van der Waals surface area contributed by atoms with Gasteiger partial charge in [0.05, 0.1) is 0 Å². The highest BCUT2D eigenvalue weighted by atomic mass is 17.0. The Morgan fingerprint density at radius 3 is 0.545 bits per heavy atom. The van der Waals surface area contributed by atoms with Crippen LogP contribution in [0.25, 0.3) is 0 Å². The second-order valence-electron chi connectivity index (χ2n) is 0. The van der Waals surface area contributed by atoms with E-state index in [1.807, 2.05) is 0 Å². The highest BCUT2D eigenvalue weighted by molar-refractivity contribution is 4.08. The van der Waals surface area contributed by atoms with Gasteiger partial charge in [0.25, 0.3) is 0 Å². The molecule has 4 N–H and O–H groups in total. The first kappa shape index (κ1) is 88.8. The summed E-state index contributed by atoms with van der Waals surface area (Å²) in [5, 5.41) is 24.0. The molecule has 0 aromatic rings. The minimum Gasteiger partial charge on any atom is -0.255 e. The van der Waals surface area contributed by atoms with Gasteiger partial charge in [-0.3, -0.25) is 21.0 Å². The standard InChI is InChI=1S/3CH4.2H2O2.2O2/c;;;4*1-2/h3*1H4;2*1-2H;;/p+2. The summed E-state index contributed by atoms with van der Waals surface area (Å²) >= 11 is 0. The van der Waals surface area contributed by atoms with Crippen molar-refractivity contribution in [2.75, 3.05) is 0 Å². The van der Waals surface area contributed by atoms with E-state index < -0.39 is 0 Å². The molecule has 0 aliphatic carbocycles. The molecule has 0 radical (unpaired) electrons. The second-order valence-corrected chi connectivity index (χ2v) is 0. The molecular weight excluding hydrogens is 164 g/mol. The van der Waals surface area contributed by atoms with E-state index in [-0.39, 0.29) is 25.1 Å². The molecule has 0 spiro atoms. The van der Waals surface area contributed by atoms with Crippen molar-refractivity contribution in [3.8, 4) is 0 Å². The molecule has 0 aliphatic heterocycles. The van der Waals surface area contributed by atoms with Crippen LogP contribution < -0.4 is 0 Å². The van der Waals surface area contributed by atoms with Crippen molar-refractivity contribution in [2.24, 2.45) is 0 Å². The highest BCUT2D eigenvalue weighted by Crippen LogP contribution is 0.743. The molecule has 0 unspecified atom stereocenters. The third kappa shape index (κ3) is 486. The topological polar surface area (TPSA) is 149 Å². The van der Waals surface area contributed by atoms with Crippen LogP contribution in [0.1, 0.15) is 25.1 Å². The van der Waals surface area contributed by atoms with E-state index in [1.54, 1.807) is 0 Å². The van der Waals surface area contributed by atoms with Crippen molar-refractivity contribution in [1.29, 1.82) is 0 Å². The zero-order valence-corrected chi connectivity index (χ0v) is 3.42. The van der Waals surface area contributed by atoms with Crippen LogP contribution in [0.2, 0.25) is 0 Å². The lowest BCUT2D eigenvalue weighted by molar-refractivity contribution is -0.176. The number of hydrogen-bond acceptors (Lipinski definition) is 8. The van der Waals surface area contributed by atoms with Gasteiger partial charge in [-0.05, 0) is 0 Å². The maximum absolute atomic E-state index is 7.00. The van der Waals surface area contributed by atoms with E-state index in [0.29, 0.717) is 0 Å². The van der Waals surface area contributed by atoms with E-state index in [2.05, 4.69) is 0 Å². The van der Waals surface area contributed by atoms with Gasteiger partial charge in [0, 0.05) is 19.9 Å². The van der Waals surface area contributed by atoms with Crippen LogP contribution in [0.3, 0.4) is 0 Å². The Balaban J connectivity index is -0.00000000208. The lowest BCUT2D eigenvalue weighted by Crippen LogP contribution is -1.29. The monoisotopic (exact) mass is 182 g/mol. The summed E-state index contributed by atoms with van der Waals surface area (Å²) in [5.41, 5.74) is 0. The molecule has 0 atom stereocenters. The Morgan fingerprint density at radius 2 is 0.545 bits per heavy atom. The molecule has 0 amide bonds. The van der Waals surface area contributed by atoms with Crippen LogP contribution in [0.5, 0.6) is 0 Å². The Morgan fingerprint density at radius 1 is 0.545 bits per heavy atom. The summed E-state index contributed by atoms with van der Waals surface area (Å²) in [6, 6.07) is 0. The molecule has 0 aromatic carbocycles. The predicted molar refractivity (Wildman–Crippen MR) is 46.4 cm³/mol. The summed E-state index contributed by atoms with van der Waals surface area (Å²) in [6.45, 7) is 0. The summed E-state index contributed by atoms with van der Waals surface area (Å²) in [7, 11) is 0. The summed E-state index contributed by atoms with van der Waals surface area (Å²) in [4.78, 5) is 28.0. The van der Waals surface area contributed by atoms with Crippen LogP contribution >= 0.6 is 0 Å². The maximum Gasteiger partial charge on any atom is 1.00 e. The lowest BCUT2D eigenvalue weighted by Gasteiger charge is -1.25. The van der Waals surface area contributed by atoms with Crippen molar-refractivity contribution >= 4 is 0 Å². The normalized spacial score (nSPS) is 1.82. The Bertz CT molecular complexity index is 19.4. The second kappa shape index (κ2) is 634. The predicted octanol–water partition coefficient (Wildman–Crippen LogP) is 2.30. The molecular formula is C3H18O8+2. The molecule has 8 heteroatoms. The SMILES string of the molecule is C.C.C.O=O.O=O.OO.OO.[H+].[H+]. The van der Waals surface area contributed by atoms with E-state index in [1.165, 1.54) is 0 Å². The fraction of sp³-hybridized carbons (Fsp3) is 1.00. The Kier molecular flexibility index (Phi) is 5120. The largest absolute Gasteiger partial charge is 1.00 e. The average molecular weight is 182 g/mol. The zero-order chi connectivity index (χ0) is 8.00. The first-order chi connectivity index (χ1) is 4.00. The molecule has 76 valence electrons. The van der Waals surface area contributed by atoms with Crippen molar-refractivity contribution in [2.45, 2.75) is 22.3 Å². The van der Waals surface area contributed by atoms with Crippen LogP contribution in [-0.2, 0) is 0 Å². The molecule has 8 nitrogen and oxygen atoms in total. The Hall–Kier alpha value is -0.960. The Labute approximate surface area is 67.4 Å². The molecule has 0 aliphatic rings. The maximum atomic E-state index is 7.00. The smallest absolute Gasteiger partial charge is 0.255 e. The lowest BCUT2D eigenvalue weighted by atomic mass is 12.0. The van der Waals surface area contributed by atoms with Crippen molar-refractivity contribution in [3.63, 3.8) is 0 Å². The van der Waals surface area contributed by atoms with Gasteiger partial charge in [-0.1, -0.05) is 22.3 Å². The van der Waals surface area contributed by atoms with Gasteiger partial charge >= 0.3 is 2.85 Å². The minimum absolute atomic E-state index is 0. The van der Waals surface area contributed by atoms with Crippen molar-refractivity contribution in [3.05, 3.63) is 19.9 Å². The fourth-order valence-electron chi connectivity index (χ4n) is 0. The first-order valence-corrected chi connectivity index (χ1v) is 0.733. The summed E-state index contributed by atoms with van der Waals surface area (Å²) < 4.78 is 0. The van der Waals surface area contributed by atoms with Gasteiger partial charge in [0.2, 0.25) is 0 Å². The molecule has 0 aromatic heterocycles. The molecule has 0 heterocycles. The molecule has 0 saturated carbocycles. The van der Waals surface area contributed by atoms with E-state index in [9.17, 15) is 0 Å².